The monoisotopic (exact) mass is 557 g/mol. The van der Waals surface area contributed by atoms with Crippen LogP contribution in [0.5, 0.6) is 0 Å². The lowest BCUT2D eigenvalue weighted by Gasteiger charge is -2.18. The van der Waals surface area contributed by atoms with Crippen molar-refractivity contribution in [2.45, 2.75) is 25.0 Å². The molecule has 1 unspecified atom stereocenters. The third kappa shape index (κ3) is 6.15. The van der Waals surface area contributed by atoms with Crippen molar-refractivity contribution in [3.8, 4) is 11.1 Å². The Morgan fingerprint density at radius 1 is 0.800 bits per heavy atom. The molecule has 9 heteroatoms. The average Bonchev–Trinajstić information content (AvgIpc) is 3.29. The van der Waals surface area contributed by atoms with Crippen molar-refractivity contribution >= 4 is 25.0 Å². The van der Waals surface area contributed by atoms with E-state index < -0.39 is 25.7 Å². The molecule has 8 nitrogen and oxygen atoms in total. The van der Waals surface area contributed by atoms with Gasteiger partial charge in [-0.05, 0) is 45.5 Å². The lowest BCUT2D eigenvalue weighted by molar-refractivity contribution is -0.139. The fourth-order valence-electron chi connectivity index (χ4n) is 4.85. The Balaban J connectivity index is 1.18. The zero-order valence-electron chi connectivity index (χ0n) is 21.5. The van der Waals surface area contributed by atoms with Crippen molar-refractivity contribution in [2.75, 3.05) is 6.61 Å². The first-order chi connectivity index (χ1) is 19.3. The number of alkyl carbamates (subject to hydrolysis) is 1. The molecule has 0 fully saturated rings. The van der Waals surface area contributed by atoms with Gasteiger partial charge in [0, 0.05) is 12.3 Å². The smallest absolute Gasteiger partial charge is 0.407 e. The van der Waals surface area contributed by atoms with E-state index in [1.54, 1.807) is 24.3 Å². The molecule has 40 heavy (non-hydrogen) atoms. The maximum absolute atomic E-state index is 12.7. The van der Waals surface area contributed by atoms with Gasteiger partial charge in [0.15, 0.2) is 0 Å². The standard InChI is InChI=1S/C31H28NO7P/c33-30(34)29(18-21-14-16-23(17-15-21)40(36,37)39-19-22-8-2-1-3-9-22)32-31(35)38-20-28-26-12-6-4-10-24(26)25-11-5-7-13-27(25)28/h1-17,28-29H,18-20H2,(H,32,35)(H,33,34)(H,36,37)/t29-/m0/s1. The molecule has 1 amide bonds. The summed E-state index contributed by atoms with van der Waals surface area (Å²) in [5, 5.41) is 12.2. The number of benzene rings is 4. The molecule has 0 spiro atoms. The van der Waals surface area contributed by atoms with E-state index in [1.165, 1.54) is 12.1 Å². The van der Waals surface area contributed by atoms with Crippen molar-refractivity contribution in [1.29, 1.82) is 0 Å². The minimum Gasteiger partial charge on any atom is -0.480 e. The molecular formula is C31H28NO7P. The topological polar surface area (TPSA) is 122 Å². The van der Waals surface area contributed by atoms with Crippen LogP contribution >= 0.6 is 7.60 Å². The molecule has 4 aromatic rings. The summed E-state index contributed by atoms with van der Waals surface area (Å²) in [7, 11) is -4.08. The molecule has 4 aromatic carbocycles. The van der Waals surface area contributed by atoms with E-state index in [0.29, 0.717) is 5.56 Å². The van der Waals surface area contributed by atoms with Crippen LogP contribution in [-0.4, -0.2) is 34.7 Å². The van der Waals surface area contributed by atoms with Crippen molar-refractivity contribution in [1.82, 2.24) is 5.32 Å². The number of fused-ring (bicyclic) bond motifs is 3. The molecule has 0 saturated carbocycles. The molecule has 1 aliphatic rings. The molecule has 0 radical (unpaired) electrons. The number of nitrogens with one attached hydrogen (secondary N) is 1. The molecule has 0 bridgehead atoms. The van der Waals surface area contributed by atoms with Gasteiger partial charge in [0.2, 0.25) is 0 Å². The Hall–Kier alpha value is -4.23. The Bertz CT molecular complexity index is 1510. The summed E-state index contributed by atoms with van der Waals surface area (Å²) in [6.45, 7) is 0.0389. The van der Waals surface area contributed by atoms with Crippen molar-refractivity contribution in [2.24, 2.45) is 0 Å². The second-order valence-corrected chi connectivity index (χ2v) is 11.3. The average molecular weight is 558 g/mol. The van der Waals surface area contributed by atoms with Gasteiger partial charge < -0.3 is 24.6 Å². The van der Waals surface area contributed by atoms with Crippen LogP contribution in [0.4, 0.5) is 4.79 Å². The highest BCUT2D eigenvalue weighted by atomic mass is 31.2. The van der Waals surface area contributed by atoms with Gasteiger partial charge in [0.25, 0.3) is 0 Å². The van der Waals surface area contributed by atoms with E-state index in [1.807, 2.05) is 66.7 Å². The SMILES string of the molecule is O=C(N[C@@H](Cc1ccc(P(=O)(O)OCc2ccccc2)cc1)C(=O)O)OCC1c2ccccc2-c2ccccc21. The molecule has 5 rings (SSSR count). The maximum Gasteiger partial charge on any atom is 0.407 e. The molecule has 0 aliphatic heterocycles. The predicted octanol–water partition coefficient (Wildman–Crippen LogP) is 5.25. The predicted molar refractivity (Wildman–Crippen MR) is 150 cm³/mol. The van der Waals surface area contributed by atoms with Gasteiger partial charge in [-0.3, -0.25) is 4.57 Å². The molecule has 1 aliphatic carbocycles. The third-order valence-electron chi connectivity index (χ3n) is 6.89. The maximum atomic E-state index is 12.7. The van der Waals surface area contributed by atoms with Crippen LogP contribution < -0.4 is 10.6 Å². The zero-order valence-corrected chi connectivity index (χ0v) is 22.4. The number of rotatable bonds is 10. The Morgan fingerprint density at radius 3 is 1.98 bits per heavy atom. The fraction of sp³-hybridized carbons (Fsp3) is 0.161. The summed E-state index contributed by atoms with van der Waals surface area (Å²) >= 11 is 0. The van der Waals surface area contributed by atoms with Gasteiger partial charge >= 0.3 is 19.7 Å². The molecule has 204 valence electrons. The Kier molecular flexibility index (Phi) is 8.12. The number of amides is 1. The highest BCUT2D eigenvalue weighted by Crippen LogP contribution is 2.44. The molecule has 2 atom stereocenters. The van der Waals surface area contributed by atoms with E-state index >= 15 is 0 Å². The van der Waals surface area contributed by atoms with E-state index in [0.717, 1.165) is 27.8 Å². The van der Waals surface area contributed by atoms with Crippen LogP contribution in [0.2, 0.25) is 0 Å². The van der Waals surface area contributed by atoms with Crippen LogP contribution in [0.15, 0.2) is 103 Å². The summed E-state index contributed by atoms with van der Waals surface area (Å²) in [6.07, 6.45) is -0.875. The van der Waals surface area contributed by atoms with E-state index in [2.05, 4.69) is 5.32 Å². The number of hydrogen-bond acceptors (Lipinski definition) is 5. The number of carbonyl (C=O) groups is 2. The van der Waals surface area contributed by atoms with Gasteiger partial charge in [0.1, 0.15) is 12.6 Å². The number of carbonyl (C=O) groups excluding carboxylic acids is 1. The van der Waals surface area contributed by atoms with Crippen molar-refractivity contribution < 1.29 is 33.4 Å². The zero-order chi connectivity index (χ0) is 28.1. The first kappa shape index (κ1) is 27.3. The van der Waals surface area contributed by atoms with Gasteiger partial charge in [-0.2, -0.15) is 0 Å². The van der Waals surface area contributed by atoms with Gasteiger partial charge in [-0.15, -0.1) is 0 Å². The van der Waals surface area contributed by atoms with Gasteiger partial charge in [-0.25, -0.2) is 9.59 Å². The number of carboxylic acid groups (broad SMARTS) is 1. The third-order valence-corrected chi connectivity index (χ3v) is 8.32. The quantitative estimate of drug-likeness (QED) is 0.228. The number of aliphatic carboxylic acids is 1. The van der Waals surface area contributed by atoms with Crippen molar-refractivity contribution in [3.05, 3.63) is 125 Å². The van der Waals surface area contributed by atoms with Crippen LogP contribution in [0.1, 0.15) is 28.2 Å². The van der Waals surface area contributed by atoms with Crippen molar-refractivity contribution in [3.63, 3.8) is 0 Å². The van der Waals surface area contributed by atoms with Gasteiger partial charge in [0.05, 0.1) is 11.9 Å². The van der Waals surface area contributed by atoms with Gasteiger partial charge in [-0.1, -0.05) is 91.0 Å². The number of carboxylic acids is 1. The summed E-state index contributed by atoms with van der Waals surface area (Å²) < 4.78 is 23.4. The summed E-state index contributed by atoms with van der Waals surface area (Å²) in [4.78, 5) is 34.9. The molecule has 0 heterocycles. The second-order valence-electron chi connectivity index (χ2n) is 9.51. The van der Waals surface area contributed by atoms with Crippen LogP contribution in [0, 0.1) is 0 Å². The van der Waals surface area contributed by atoms with Crippen LogP contribution in [0.25, 0.3) is 11.1 Å². The molecular weight excluding hydrogens is 529 g/mol. The fourth-order valence-corrected chi connectivity index (χ4v) is 5.85. The summed E-state index contributed by atoms with van der Waals surface area (Å²) in [5.74, 6) is -1.37. The molecule has 0 aromatic heterocycles. The minimum atomic E-state index is -4.08. The Labute approximate surface area is 231 Å². The van der Waals surface area contributed by atoms with E-state index in [-0.39, 0.29) is 30.9 Å². The molecule has 0 saturated heterocycles. The first-order valence-corrected chi connectivity index (χ1v) is 14.3. The summed E-state index contributed by atoms with van der Waals surface area (Å²) in [6, 6.07) is 29.6. The largest absolute Gasteiger partial charge is 0.480 e. The normalized spacial score (nSPS) is 14.4. The van der Waals surface area contributed by atoms with E-state index in [4.69, 9.17) is 9.26 Å². The molecule has 3 N–H and O–H groups in total. The van der Waals surface area contributed by atoms with Crippen LogP contribution in [-0.2, 0) is 31.6 Å². The lowest BCUT2D eigenvalue weighted by atomic mass is 9.98. The van der Waals surface area contributed by atoms with Crippen LogP contribution in [0.3, 0.4) is 0 Å². The highest BCUT2D eigenvalue weighted by molar-refractivity contribution is 7.61. The first-order valence-electron chi connectivity index (χ1n) is 12.8. The van der Waals surface area contributed by atoms with E-state index in [9.17, 15) is 24.2 Å². The Morgan fingerprint density at radius 2 is 1.38 bits per heavy atom. The number of ether oxygens (including phenoxy) is 1. The lowest BCUT2D eigenvalue weighted by Crippen LogP contribution is -2.43. The second kappa shape index (κ2) is 11.9. The summed E-state index contributed by atoms with van der Waals surface area (Å²) in [5.41, 5.74) is 5.62. The minimum absolute atomic E-state index is 0.0263. The number of hydrogen-bond donors (Lipinski definition) is 3. The highest BCUT2D eigenvalue weighted by Gasteiger charge is 2.30.